The monoisotopic (exact) mass is 296 g/mol. The van der Waals surface area contributed by atoms with Crippen LogP contribution in [0.15, 0.2) is 22.7 Å². The van der Waals surface area contributed by atoms with Gasteiger partial charge in [-0.05, 0) is 30.7 Å². The Morgan fingerprint density at radius 3 is 2.82 bits per heavy atom. The van der Waals surface area contributed by atoms with Gasteiger partial charge in [-0.1, -0.05) is 22.9 Å². The van der Waals surface area contributed by atoms with E-state index < -0.39 is 11.9 Å². The van der Waals surface area contributed by atoms with Crippen LogP contribution in [0.5, 0.6) is 0 Å². The molecule has 1 aromatic rings. The maximum Gasteiger partial charge on any atom is 0.317 e. The van der Waals surface area contributed by atoms with Crippen LogP contribution >= 0.6 is 15.9 Å². The summed E-state index contributed by atoms with van der Waals surface area (Å²) in [7, 11) is 0. The average Bonchev–Trinajstić information content (AvgIpc) is 2.52. The molecule has 0 amide bonds. The van der Waals surface area contributed by atoms with Gasteiger partial charge in [-0.25, -0.2) is 0 Å². The third-order valence-electron chi connectivity index (χ3n) is 3.09. The van der Waals surface area contributed by atoms with Gasteiger partial charge in [0.2, 0.25) is 0 Å². The molecule has 2 atom stereocenters. The first-order chi connectivity index (χ1) is 8.06. The molecule has 0 aliphatic heterocycles. The van der Waals surface area contributed by atoms with Gasteiger partial charge in [-0.15, -0.1) is 0 Å². The second kappa shape index (κ2) is 4.61. The molecule has 2 unspecified atom stereocenters. The minimum absolute atomic E-state index is 0.117. The number of ether oxygens (including phenoxy) is 1. The number of fused-ring (bicyclic) bond motifs is 1. The Balaban J connectivity index is 2.38. The number of carbonyl (C=O) groups is 2. The lowest BCUT2D eigenvalue weighted by molar-refractivity contribution is -0.146. The first-order valence-corrected chi connectivity index (χ1v) is 6.35. The van der Waals surface area contributed by atoms with Crippen molar-refractivity contribution in [2.75, 3.05) is 6.61 Å². The highest BCUT2D eigenvalue weighted by atomic mass is 79.9. The van der Waals surface area contributed by atoms with Crippen molar-refractivity contribution >= 4 is 27.7 Å². The summed E-state index contributed by atoms with van der Waals surface area (Å²) in [5.41, 5.74) is 1.56. The predicted octanol–water partition coefficient (Wildman–Crippen LogP) is 2.93. The summed E-state index contributed by atoms with van der Waals surface area (Å²) in [6.07, 6.45) is 0. The number of esters is 1. The van der Waals surface area contributed by atoms with E-state index in [0.717, 1.165) is 10.0 Å². The molecule has 0 fully saturated rings. The summed E-state index contributed by atoms with van der Waals surface area (Å²) in [5, 5.41) is 0. The minimum Gasteiger partial charge on any atom is -0.465 e. The van der Waals surface area contributed by atoms with E-state index in [4.69, 9.17) is 4.74 Å². The molecule has 90 valence electrons. The van der Waals surface area contributed by atoms with E-state index >= 15 is 0 Å². The lowest BCUT2D eigenvalue weighted by Crippen LogP contribution is -2.25. The second-order valence-electron chi connectivity index (χ2n) is 4.11. The maximum atomic E-state index is 12.1. The molecular weight excluding hydrogens is 284 g/mol. The fourth-order valence-electron chi connectivity index (χ4n) is 2.25. The fourth-order valence-corrected chi connectivity index (χ4v) is 2.63. The van der Waals surface area contributed by atoms with Crippen LogP contribution in [-0.2, 0) is 9.53 Å². The highest BCUT2D eigenvalue weighted by Gasteiger charge is 2.42. The van der Waals surface area contributed by atoms with E-state index in [9.17, 15) is 9.59 Å². The molecular formula is C13H13BrO3. The zero-order valence-electron chi connectivity index (χ0n) is 9.70. The van der Waals surface area contributed by atoms with Crippen LogP contribution in [0.4, 0.5) is 0 Å². The van der Waals surface area contributed by atoms with Crippen LogP contribution in [0.2, 0.25) is 0 Å². The Morgan fingerprint density at radius 1 is 1.47 bits per heavy atom. The summed E-state index contributed by atoms with van der Waals surface area (Å²) < 4.78 is 5.87. The normalized spacial score (nSPS) is 22.4. The smallest absolute Gasteiger partial charge is 0.317 e. The summed E-state index contributed by atoms with van der Waals surface area (Å²) in [4.78, 5) is 23.9. The standard InChI is InChI=1S/C13H13BrO3/c1-3-17-13(16)11-7(2)10-6-8(14)4-5-9(10)12(11)15/h4-7,11H,3H2,1-2H3. The van der Waals surface area contributed by atoms with Crippen LogP contribution in [0.3, 0.4) is 0 Å². The van der Waals surface area contributed by atoms with Crippen molar-refractivity contribution in [2.24, 2.45) is 5.92 Å². The van der Waals surface area contributed by atoms with Gasteiger partial charge in [0.1, 0.15) is 5.92 Å². The number of rotatable bonds is 2. The average molecular weight is 297 g/mol. The molecule has 1 aliphatic carbocycles. The molecule has 0 spiro atoms. The van der Waals surface area contributed by atoms with E-state index in [1.807, 2.05) is 19.1 Å². The molecule has 0 aromatic heterocycles. The summed E-state index contributed by atoms with van der Waals surface area (Å²) in [6, 6.07) is 5.48. The summed E-state index contributed by atoms with van der Waals surface area (Å²) in [6.45, 7) is 3.93. The molecule has 17 heavy (non-hydrogen) atoms. The number of benzene rings is 1. The van der Waals surface area contributed by atoms with E-state index in [1.54, 1.807) is 13.0 Å². The van der Waals surface area contributed by atoms with E-state index in [2.05, 4.69) is 15.9 Å². The van der Waals surface area contributed by atoms with Crippen LogP contribution in [-0.4, -0.2) is 18.4 Å². The van der Waals surface area contributed by atoms with Crippen molar-refractivity contribution in [1.29, 1.82) is 0 Å². The largest absolute Gasteiger partial charge is 0.465 e. The topological polar surface area (TPSA) is 43.4 Å². The molecule has 0 radical (unpaired) electrons. The number of Topliss-reactive ketones (excluding diaryl/α,β-unsaturated/α-hetero) is 1. The van der Waals surface area contributed by atoms with Crippen molar-refractivity contribution in [1.82, 2.24) is 0 Å². The third kappa shape index (κ3) is 2.02. The minimum atomic E-state index is -0.681. The Bertz CT molecular complexity index is 482. The zero-order chi connectivity index (χ0) is 12.6. The van der Waals surface area contributed by atoms with Gasteiger partial charge in [-0.2, -0.15) is 0 Å². The van der Waals surface area contributed by atoms with E-state index in [-0.39, 0.29) is 11.7 Å². The van der Waals surface area contributed by atoms with E-state index in [0.29, 0.717) is 12.2 Å². The number of halogens is 1. The van der Waals surface area contributed by atoms with Crippen molar-refractivity contribution in [3.05, 3.63) is 33.8 Å². The van der Waals surface area contributed by atoms with Crippen molar-refractivity contribution < 1.29 is 14.3 Å². The molecule has 0 bridgehead atoms. The molecule has 1 aromatic carbocycles. The van der Waals surface area contributed by atoms with Gasteiger partial charge >= 0.3 is 5.97 Å². The Hall–Kier alpha value is -1.16. The molecule has 0 N–H and O–H groups in total. The lowest BCUT2D eigenvalue weighted by Gasteiger charge is -2.12. The molecule has 4 heteroatoms. The van der Waals surface area contributed by atoms with Crippen LogP contribution in [0.1, 0.15) is 35.7 Å². The zero-order valence-corrected chi connectivity index (χ0v) is 11.3. The fraction of sp³-hybridized carbons (Fsp3) is 0.385. The molecule has 1 aliphatic rings. The van der Waals surface area contributed by atoms with Gasteiger partial charge in [-0.3, -0.25) is 9.59 Å². The first-order valence-electron chi connectivity index (χ1n) is 5.56. The third-order valence-corrected chi connectivity index (χ3v) is 3.59. The van der Waals surface area contributed by atoms with Crippen LogP contribution in [0, 0.1) is 5.92 Å². The number of hydrogen-bond acceptors (Lipinski definition) is 3. The van der Waals surface area contributed by atoms with Crippen LogP contribution in [0.25, 0.3) is 0 Å². The molecule has 0 saturated heterocycles. The van der Waals surface area contributed by atoms with Crippen molar-refractivity contribution in [3.8, 4) is 0 Å². The number of ketones is 1. The SMILES string of the molecule is CCOC(=O)C1C(=O)c2ccc(Br)cc2C1C. The first kappa shape index (κ1) is 12.3. The van der Waals surface area contributed by atoms with Gasteiger partial charge in [0.15, 0.2) is 5.78 Å². The second-order valence-corrected chi connectivity index (χ2v) is 5.03. The maximum absolute atomic E-state index is 12.1. The van der Waals surface area contributed by atoms with Gasteiger partial charge < -0.3 is 4.74 Å². The highest BCUT2D eigenvalue weighted by Crippen LogP contribution is 2.39. The molecule has 3 nitrogen and oxygen atoms in total. The van der Waals surface area contributed by atoms with Crippen LogP contribution < -0.4 is 0 Å². The van der Waals surface area contributed by atoms with Gasteiger partial charge in [0, 0.05) is 16.0 Å². The molecule has 2 rings (SSSR count). The Kier molecular flexibility index (Phi) is 3.33. The highest BCUT2D eigenvalue weighted by molar-refractivity contribution is 9.10. The van der Waals surface area contributed by atoms with E-state index in [1.165, 1.54) is 0 Å². The Labute approximate surface area is 108 Å². The molecule has 0 saturated carbocycles. The Morgan fingerprint density at radius 2 is 2.18 bits per heavy atom. The van der Waals surface area contributed by atoms with Crippen molar-refractivity contribution in [2.45, 2.75) is 19.8 Å². The summed E-state index contributed by atoms with van der Waals surface area (Å²) >= 11 is 3.37. The van der Waals surface area contributed by atoms with Crippen molar-refractivity contribution in [3.63, 3.8) is 0 Å². The quantitative estimate of drug-likeness (QED) is 0.622. The lowest BCUT2D eigenvalue weighted by atomic mass is 9.94. The molecule has 0 heterocycles. The summed E-state index contributed by atoms with van der Waals surface area (Å²) in [5.74, 6) is -1.34. The number of carbonyl (C=O) groups excluding carboxylic acids is 2. The number of hydrogen-bond donors (Lipinski definition) is 0. The van der Waals surface area contributed by atoms with Gasteiger partial charge in [0.05, 0.1) is 6.61 Å². The predicted molar refractivity (Wildman–Crippen MR) is 67.0 cm³/mol. The van der Waals surface area contributed by atoms with Gasteiger partial charge in [0.25, 0.3) is 0 Å².